The minimum absolute atomic E-state index is 0.350. The van der Waals surface area contributed by atoms with Crippen LogP contribution in [0.25, 0.3) is 0 Å². The molecule has 2 rings (SSSR count). The first kappa shape index (κ1) is 13.2. The zero-order valence-electron chi connectivity index (χ0n) is 9.13. The number of nitrogens with two attached hydrogens (primary N) is 1. The molecule has 1 saturated carbocycles. The van der Waals surface area contributed by atoms with Gasteiger partial charge in [-0.1, -0.05) is 0 Å². The Kier molecular flexibility index (Phi) is 3.07. The number of sulfonamides is 2. The molecule has 0 heterocycles. The monoisotopic (exact) mass is 294 g/mol. The van der Waals surface area contributed by atoms with E-state index in [4.69, 9.17) is 5.14 Å². The van der Waals surface area contributed by atoms with Gasteiger partial charge in [-0.2, -0.15) is 0 Å². The van der Waals surface area contributed by atoms with Crippen molar-refractivity contribution in [1.29, 1.82) is 0 Å². The molecule has 0 radical (unpaired) electrons. The van der Waals surface area contributed by atoms with Crippen molar-refractivity contribution in [2.75, 3.05) is 4.72 Å². The SMILES string of the molecule is NS(=O)(=O)c1ccc(F)c(NS(=O)(=O)C2CC2)c1. The third-order valence-electron chi connectivity index (χ3n) is 2.48. The van der Waals surface area contributed by atoms with E-state index in [1.165, 1.54) is 0 Å². The molecule has 3 N–H and O–H groups in total. The molecule has 9 heteroatoms. The van der Waals surface area contributed by atoms with Gasteiger partial charge >= 0.3 is 0 Å². The van der Waals surface area contributed by atoms with Gasteiger partial charge in [0.25, 0.3) is 0 Å². The molecule has 1 aromatic rings. The smallest absolute Gasteiger partial charge is 0.238 e. The maximum absolute atomic E-state index is 13.4. The highest BCUT2D eigenvalue weighted by Crippen LogP contribution is 2.30. The van der Waals surface area contributed by atoms with Crippen LogP contribution in [-0.2, 0) is 20.0 Å². The van der Waals surface area contributed by atoms with Crippen LogP contribution in [0.15, 0.2) is 23.1 Å². The Hall–Kier alpha value is -1.19. The molecule has 0 saturated heterocycles. The van der Waals surface area contributed by atoms with Crippen molar-refractivity contribution in [1.82, 2.24) is 0 Å². The van der Waals surface area contributed by atoms with E-state index < -0.39 is 36.8 Å². The van der Waals surface area contributed by atoms with E-state index >= 15 is 0 Å². The van der Waals surface area contributed by atoms with Gasteiger partial charge in [0.15, 0.2) is 0 Å². The molecule has 1 aliphatic carbocycles. The van der Waals surface area contributed by atoms with E-state index in [-0.39, 0.29) is 4.90 Å². The number of primary sulfonamides is 1. The standard InChI is InChI=1S/C9H11FN2O4S2/c10-8-4-3-7(17(11,13)14)5-9(8)12-18(15,16)6-1-2-6/h3-6,12H,1-2H2,(H2,11,13,14). The topological polar surface area (TPSA) is 106 Å². The lowest BCUT2D eigenvalue weighted by Gasteiger charge is -2.09. The molecule has 0 bridgehead atoms. The van der Waals surface area contributed by atoms with Gasteiger partial charge in [0, 0.05) is 0 Å². The van der Waals surface area contributed by atoms with E-state index in [2.05, 4.69) is 0 Å². The molecule has 1 fully saturated rings. The Labute approximate surface area is 104 Å². The van der Waals surface area contributed by atoms with Crippen LogP contribution >= 0.6 is 0 Å². The molecule has 1 aromatic carbocycles. The van der Waals surface area contributed by atoms with E-state index in [0.29, 0.717) is 12.8 Å². The number of hydrogen-bond acceptors (Lipinski definition) is 4. The summed E-state index contributed by atoms with van der Waals surface area (Å²) in [7, 11) is -7.65. The molecule has 18 heavy (non-hydrogen) atoms. The second-order valence-corrected chi connectivity index (χ2v) is 7.56. The Morgan fingerprint density at radius 3 is 2.33 bits per heavy atom. The van der Waals surface area contributed by atoms with Gasteiger partial charge in [-0.05, 0) is 31.0 Å². The van der Waals surface area contributed by atoms with Crippen molar-refractivity contribution < 1.29 is 21.2 Å². The maximum atomic E-state index is 13.4. The largest absolute Gasteiger partial charge is 0.280 e. The van der Waals surface area contributed by atoms with Crippen molar-refractivity contribution in [2.45, 2.75) is 23.0 Å². The molecular weight excluding hydrogens is 283 g/mol. The average molecular weight is 294 g/mol. The fraction of sp³-hybridized carbons (Fsp3) is 0.333. The number of nitrogens with one attached hydrogen (secondary N) is 1. The number of halogens is 1. The number of anilines is 1. The fourth-order valence-electron chi connectivity index (χ4n) is 1.37. The first-order valence-electron chi connectivity index (χ1n) is 5.04. The summed E-state index contributed by atoms with van der Waals surface area (Å²) in [6.07, 6.45) is 1.04. The minimum atomic E-state index is -4.00. The molecule has 100 valence electrons. The second kappa shape index (κ2) is 4.18. The van der Waals surface area contributed by atoms with Crippen molar-refractivity contribution in [3.8, 4) is 0 Å². The van der Waals surface area contributed by atoms with Crippen molar-refractivity contribution in [2.24, 2.45) is 5.14 Å². The predicted molar refractivity (Wildman–Crippen MR) is 63.3 cm³/mol. The Balaban J connectivity index is 2.38. The third-order valence-corrected chi connectivity index (χ3v) is 5.25. The quantitative estimate of drug-likeness (QED) is 0.837. The predicted octanol–water partition coefficient (Wildman–Crippen LogP) is 0.377. The van der Waals surface area contributed by atoms with Gasteiger partial charge in [0.05, 0.1) is 15.8 Å². The highest BCUT2D eigenvalue weighted by Gasteiger charge is 2.36. The lowest BCUT2D eigenvalue weighted by atomic mass is 10.3. The molecule has 0 atom stereocenters. The van der Waals surface area contributed by atoms with E-state index in [1.54, 1.807) is 0 Å². The van der Waals surface area contributed by atoms with Crippen molar-refractivity contribution in [3.63, 3.8) is 0 Å². The Morgan fingerprint density at radius 1 is 1.22 bits per heavy atom. The van der Waals surface area contributed by atoms with E-state index in [1.807, 2.05) is 4.72 Å². The summed E-state index contributed by atoms with van der Waals surface area (Å²) < 4.78 is 60.9. The Bertz CT molecular complexity index is 681. The van der Waals surface area contributed by atoms with Gasteiger partial charge in [0.1, 0.15) is 5.82 Å². The maximum Gasteiger partial charge on any atom is 0.238 e. The van der Waals surface area contributed by atoms with Gasteiger partial charge in [0.2, 0.25) is 20.0 Å². The van der Waals surface area contributed by atoms with Gasteiger partial charge < -0.3 is 0 Å². The zero-order chi connectivity index (χ0) is 13.6. The van der Waals surface area contributed by atoms with Crippen LogP contribution in [-0.4, -0.2) is 22.1 Å². The molecule has 0 amide bonds. The normalized spacial score (nSPS) is 16.6. The minimum Gasteiger partial charge on any atom is -0.280 e. The van der Waals surface area contributed by atoms with Gasteiger partial charge in [-0.25, -0.2) is 26.4 Å². The molecule has 6 nitrogen and oxygen atoms in total. The van der Waals surface area contributed by atoms with Gasteiger partial charge in [-0.15, -0.1) is 0 Å². The van der Waals surface area contributed by atoms with Crippen molar-refractivity contribution >= 4 is 25.7 Å². The van der Waals surface area contributed by atoms with Gasteiger partial charge in [-0.3, -0.25) is 4.72 Å². The summed E-state index contributed by atoms with van der Waals surface area (Å²) in [5, 5.41) is 4.35. The van der Waals surface area contributed by atoms with Crippen LogP contribution in [0.3, 0.4) is 0 Å². The number of benzene rings is 1. The van der Waals surface area contributed by atoms with Crippen LogP contribution in [0.2, 0.25) is 0 Å². The number of hydrogen-bond donors (Lipinski definition) is 2. The molecule has 0 aromatic heterocycles. The average Bonchev–Trinajstić information content (AvgIpc) is 3.02. The highest BCUT2D eigenvalue weighted by atomic mass is 32.2. The molecule has 0 spiro atoms. The van der Waals surface area contributed by atoms with Crippen LogP contribution < -0.4 is 9.86 Å². The van der Waals surface area contributed by atoms with Crippen LogP contribution in [0.5, 0.6) is 0 Å². The molecule has 1 aliphatic rings. The summed E-state index contributed by atoms with van der Waals surface area (Å²) >= 11 is 0. The molecule has 0 unspecified atom stereocenters. The lowest BCUT2D eigenvalue weighted by Crippen LogP contribution is -2.19. The lowest BCUT2D eigenvalue weighted by molar-refractivity contribution is 0.593. The van der Waals surface area contributed by atoms with Crippen LogP contribution in [0.1, 0.15) is 12.8 Å². The third kappa shape index (κ3) is 2.79. The van der Waals surface area contributed by atoms with E-state index in [9.17, 15) is 21.2 Å². The fourth-order valence-corrected chi connectivity index (χ4v) is 3.30. The summed E-state index contributed by atoms with van der Waals surface area (Å²) in [6, 6.07) is 2.69. The van der Waals surface area contributed by atoms with Crippen molar-refractivity contribution in [3.05, 3.63) is 24.0 Å². The molecule has 0 aliphatic heterocycles. The molecular formula is C9H11FN2O4S2. The summed E-state index contributed by atoms with van der Waals surface area (Å²) in [6.45, 7) is 0. The first-order valence-corrected chi connectivity index (χ1v) is 8.13. The summed E-state index contributed by atoms with van der Waals surface area (Å²) in [5.74, 6) is -0.855. The number of rotatable bonds is 4. The summed E-state index contributed by atoms with van der Waals surface area (Å²) in [5.41, 5.74) is -0.409. The van der Waals surface area contributed by atoms with Crippen LogP contribution in [0, 0.1) is 5.82 Å². The Morgan fingerprint density at radius 2 is 1.83 bits per heavy atom. The second-order valence-electron chi connectivity index (χ2n) is 4.03. The first-order chi connectivity index (χ1) is 8.20. The highest BCUT2D eigenvalue weighted by molar-refractivity contribution is 7.93. The van der Waals surface area contributed by atoms with Crippen LogP contribution in [0.4, 0.5) is 10.1 Å². The van der Waals surface area contributed by atoms with E-state index in [0.717, 1.165) is 18.2 Å². The zero-order valence-corrected chi connectivity index (χ0v) is 10.8. The summed E-state index contributed by atoms with van der Waals surface area (Å²) in [4.78, 5) is -0.350.